The van der Waals surface area contributed by atoms with E-state index < -0.39 is 0 Å². The van der Waals surface area contributed by atoms with Gasteiger partial charge in [-0.2, -0.15) is 0 Å². The van der Waals surface area contributed by atoms with E-state index >= 15 is 0 Å². The minimum Gasteiger partial charge on any atom is -0.507 e. The molecule has 0 saturated carbocycles. The number of morpholine rings is 1. The van der Waals surface area contributed by atoms with Crippen LogP contribution in [0.25, 0.3) is 0 Å². The van der Waals surface area contributed by atoms with Gasteiger partial charge in [0.1, 0.15) is 18.1 Å². The zero-order valence-electron chi connectivity index (χ0n) is 13.9. The van der Waals surface area contributed by atoms with E-state index in [2.05, 4.69) is 0 Å². The van der Waals surface area contributed by atoms with Gasteiger partial charge in [0.15, 0.2) is 6.29 Å². The van der Waals surface area contributed by atoms with E-state index in [1.165, 1.54) is 6.07 Å². The van der Waals surface area contributed by atoms with Gasteiger partial charge in [-0.3, -0.25) is 9.59 Å². The number of rotatable bonds is 5. The third kappa shape index (κ3) is 4.96. The number of nitrogens with zero attached hydrogens (tertiary/aromatic N) is 1. The van der Waals surface area contributed by atoms with Crippen molar-refractivity contribution in [3.63, 3.8) is 0 Å². The Kier molecular flexibility index (Phi) is 8.11. The summed E-state index contributed by atoms with van der Waals surface area (Å²) >= 11 is 0. The van der Waals surface area contributed by atoms with E-state index in [1.807, 2.05) is 20.8 Å². The van der Waals surface area contributed by atoms with Crippen LogP contribution in [0.15, 0.2) is 18.2 Å². The molecular formula is C17H25NO5. The number of amides is 1. The highest BCUT2D eigenvalue weighted by atomic mass is 16.5. The Bertz CT molecular complexity index is 518. The van der Waals surface area contributed by atoms with Crippen molar-refractivity contribution in [1.82, 2.24) is 4.90 Å². The predicted octanol–water partition coefficient (Wildman–Crippen LogP) is 2.25. The van der Waals surface area contributed by atoms with Gasteiger partial charge in [0.05, 0.1) is 24.8 Å². The van der Waals surface area contributed by atoms with Gasteiger partial charge < -0.3 is 19.5 Å². The number of aromatic hydroxyl groups is 1. The summed E-state index contributed by atoms with van der Waals surface area (Å²) in [6.07, 6.45) is 0.985. The van der Waals surface area contributed by atoms with Crippen molar-refractivity contribution in [2.24, 2.45) is 0 Å². The monoisotopic (exact) mass is 323 g/mol. The van der Waals surface area contributed by atoms with Crippen molar-refractivity contribution < 1.29 is 24.2 Å². The molecule has 1 aliphatic heterocycles. The summed E-state index contributed by atoms with van der Waals surface area (Å²) < 4.78 is 11.0. The molecule has 1 fully saturated rings. The van der Waals surface area contributed by atoms with Crippen LogP contribution in [0.4, 0.5) is 0 Å². The minimum atomic E-state index is -0.187. The van der Waals surface area contributed by atoms with Gasteiger partial charge in [0.25, 0.3) is 0 Å². The number of phenols is 1. The Morgan fingerprint density at radius 1 is 1.48 bits per heavy atom. The smallest absolute Gasteiger partial charge is 0.222 e. The number of benzene rings is 1. The van der Waals surface area contributed by atoms with E-state index in [0.29, 0.717) is 38.2 Å². The first-order chi connectivity index (χ1) is 11.2. The standard InChI is InChI=1S/C15H19NO5.C2H6/c1-2-15(19)16-6-7-20-9-11(16)10-21-14-5-3-4-13(18)12(14)8-17;1-2/h3-5,8,11,18H,2,6-7,9-10H2,1H3;1-2H3. The van der Waals surface area contributed by atoms with Gasteiger partial charge in [-0.1, -0.05) is 26.8 Å². The fourth-order valence-electron chi connectivity index (χ4n) is 2.29. The minimum absolute atomic E-state index is 0.0541. The molecule has 1 aromatic carbocycles. The molecule has 1 saturated heterocycles. The van der Waals surface area contributed by atoms with Crippen molar-refractivity contribution in [3.8, 4) is 11.5 Å². The lowest BCUT2D eigenvalue weighted by molar-refractivity contribution is -0.140. The topological polar surface area (TPSA) is 76.1 Å². The van der Waals surface area contributed by atoms with E-state index in [4.69, 9.17) is 9.47 Å². The molecule has 6 nitrogen and oxygen atoms in total. The molecule has 1 aromatic rings. The fraction of sp³-hybridized carbons (Fsp3) is 0.529. The first-order valence-corrected chi connectivity index (χ1v) is 7.94. The van der Waals surface area contributed by atoms with E-state index in [1.54, 1.807) is 17.0 Å². The second-order valence-electron chi connectivity index (χ2n) is 4.79. The first-order valence-electron chi connectivity index (χ1n) is 7.94. The third-order valence-electron chi connectivity index (χ3n) is 3.44. The molecule has 0 radical (unpaired) electrons. The van der Waals surface area contributed by atoms with Crippen LogP contribution in [-0.4, -0.2) is 54.6 Å². The van der Waals surface area contributed by atoms with Crippen molar-refractivity contribution in [1.29, 1.82) is 0 Å². The maximum atomic E-state index is 11.9. The van der Waals surface area contributed by atoms with Gasteiger partial charge in [-0.25, -0.2) is 0 Å². The molecule has 1 unspecified atom stereocenters. The number of hydrogen-bond donors (Lipinski definition) is 1. The lowest BCUT2D eigenvalue weighted by atomic mass is 10.2. The van der Waals surface area contributed by atoms with Crippen LogP contribution in [0.1, 0.15) is 37.6 Å². The molecule has 0 aliphatic carbocycles. The maximum Gasteiger partial charge on any atom is 0.222 e. The fourth-order valence-corrected chi connectivity index (χ4v) is 2.29. The van der Waals surface area contributed by atoms with Crippen LogP contribution >= 0.6 is 0 Å². The molecule has 0 bridgehead atoms. The summed E-state index contributed by atoms with van der Waals surface area (Å²) in [5, 5.41) is 9.61. The van der Waals surface area contributed by atoms with Crippen LogP contribution in [0.3, 0.4) is 0 Å². The zero-order chi connectivity index (χ0) is 17.2. The van der Waals surface area contributed by atoms with Gasteiger partial charge >= 0.3 is 0 Å². The highest BCUT2D eigenvalue weighted by Crippen LogP contribution is 2.26. The number of ether oxygens (including phenoxy) is 2. The van der Waals surface area contributed by atoms with Crippen molar-refractivity contribution in [3.05, 3.63) is 23.8 Å². The summed E-state index contributed by atoms with van der Waals surface area (Å²) in [7, 11) is 0. The van der Waals surface area contributed by atoms with Gasteiger partial charge in [-0.15, -0.1) is 0 Å². The Hall–Kier alpha value is -2.08. The Morgan fingerprint density at radius 2 is 2.22 bits per heavy atom. The third-order valence-corrected chi connectivity index (χ3v) is 3.44. The quantitative estimate of drug-likeness (QED) is 0.841. The number of hydrogen-bond acceptors (Lipinski definition) is 5. The zero-order valence-corrected chi connectivity index (χ0v) is 13.9. The van der Waals surface area contributed by atoms with Crippen molar-refractivity contribution in [2.75, 3.05) is 26.4 Å². The van der Waals surface area contributed by atoms with Crippen LogP contribution in [0, 0.1) is 0 Å². The highest BCUT2D eigenvalue weighted by Gasteiger charge is 2.27. The Balaban J connectivity index is 0.00000127. The van der Waals surface area contributed by atoms with Crippen LogP contribution in [0.2, 0.25) is 0 Å². The molecule has 1 amide bonds. The normalized spacial score (nSPS) is 17.0. The SMILES string of the molecule is CC.CCC(=O)N1CCOCC1COc1cccc(O)c1C=O. The summed E-state index contributed by atoms with van der Waals surface area (Å²) in [5.74, 6) is 0.238. The van der Waals surface area contributed by atoms with Crippen molar-refractivity contribution in [2.45, 2.75) is 33.2 Å². The molecular weight excluding hydrogens is 298 g/mol. The molecule has 2 rings (SSSR count). The van der Waals surface area contributed by atoms with Crippen molar-refractivity contribution >= 4 is 12.2 Å². The van der Waals surface area contributed by atoms with Gasteiger partial charge in [0, 0.05) is 13.0 Å². The molecule has 1 heterocycles. The first kappa shape index (κ1) is 19.0. The van der Waals surface area contributed by atoms with E-state index in [-0.39, 0.29) is 29.9 Å². The summed E-state index contributed by atoms with van der Waals surface area (Å²) in [6.45, 7) is 7.50. The average molecular weight is 323 g/mol. The van der Waals surface area contributed by atoms with E-state index in [0.717, 1.165) is 0 Å². The Labute approximate surface area is 137 Å². The highest BCUT2D eigenvalue weighted by molar-refractivity contribution is 5.83. The molecule has 128 valence electrons. The van der Waals surface area contributed by atoms with Crippen LogP contribution in [0.5, 0.6) is 11.5 Å². The maximum absolute atomic E-state index is 11.9. The summed E-state index contributed by atoms with van der Waals surface area (Å²) in [5.41, 5.74) is 0.114. The number of carbonyl (C=O) groups is 2. The molecule has 1 N–H and O–H groups in total. The predicted molar refractivity (Wildman–Crippen MR) is 86.9 cm³/mol. The molecule has 6 heteroatoms. The largest absolute Gasteiger partial charge is 0.507 e. The average Bonchev–Trinajstić information content (AvgIpc) is 2.61. The lowest BCUT2D eigenvalue weighted by Crippen LogP contribution is -2.51. The van der Waals surface area contributed by atoms with Gasteiger partial charge in [0.2, 0.25) is 5.91 Å². The molecule has 0 spiro atoms. The molecule has 1 aliphatic rings. The number of aldehydes is 1. The van der Waals surface area contributed by atoms with E-state index in [9.17, 15) is 14.7 Å². The molecule has 23 heavy (non-hydrogen) atoms. The lowest BCUT2D eigenvalue weighted by Gasteiger charge is -2.35. The molecule has 1 atom stereocenters. The number of phenolic OH excluding ortho intramolecular Hbond substituents is 1. The Morgan fingerprint density at radius 3 is 2.87 bits per heavy atom. The molecule has 0 aromatic heterocycles. The summed E-state index contributed by atoms with van der Waals surface area (Å²) in [4.78, 5) is 24.6. The van der Waals surface area contributed by atoms with Gasteiger partial charge in [-0.05, 0) is 12.1 Å². The van der Waals surface area contributed by atoms with Crippen LogP contribution in [-0.2, 0) is 9.53 Å². The number of carbonyl (C=O) groups excluding carboxylic acids is 2. The second-order valence-corrected chi connectivity index (χ2v) is 4.79. The summed E-state index contributed by atoms with van der Waals surface area (Å²) in [6, 6.07) is 4.45. The van der Waals surface area contributed by atoms with Crippen LogP contribution < -0.4 is 4.74 Å². The second kappa shape index (κ2) is 9.84.